The van der Waals surface area contributed by atoms with Crippen molar-refractivity contribution in [3.8, 4) is 0 Å². The molecule has 4 atom stereocenters. The van der Waals surface area contributed by atoms with Gasteiger partial charge < -0.3 is 9.84 Å². The highest BCUT2D eigenvalue weighted by Crippen LogP contribution is 2.51. The molecule has 0 amide bonds. The van der Waals surface area contributed by atoms with Gasteiger partial charge in [0.05, 0.1) is 5.60 Å². The van der Waals surface area contributed by atoms with Crippen LogP contribution in [0.25, 0.3) is 0 Å². The van der Waals surface area contributed by atoms with Gasteiger partial charge in [0, 0.05) is 12.0 Å². The Morgan fingerprint density at radius 1 is 1.44 bits per heavy atom. The smallest absolute Gasteiger partial charge is 0.334 e. The summed E-state index contributed by atoms with van der Waals surface area (Å²) >= 11 is 0. The fourth-order valence-electron chi connectivity index (χ4n) is 3.86. The van der Waals surface area contributed by atoms with Crippen LogP contribution in [0.5, 0.6) is 0 Å². The van der Waals surface area contributed by atoms with Crippen LogP contribution in [0.4, 0.5) is 0 Å². The first-order valence-electron chi connectivity index (χ1n) is 6.71. The van der Waals surface area contributed by atoms with E-state index in [2.05, 4.69) is 6.58 Å². The minimum Gasteiger partial charge on any atom is -0.454 e. The Kier molecular flexibility index (Phi) is 2.46. The van der Waals surface area contributed by atoms with Gasteiger partial charge in [-0.3, -0.25) is 0 Å². The fourth-order valence-corrected chi connectivity index (χ4v) is 3.86. The van der Waals surface area contributed by atoms with Crippen LogP contribution in [0.1, 0.15) is 39.5 Å². The average Bonchev–Trinajstić information content (AvgIpc) is 2.65. The van der Waals surface area contributed by atoms with E-state index in [-0.39, 0.29) is 18.0 Å². The number of aliphatic hydroxyl groups is 1. The van der Waals surface area contributed by atoms with Crippen LogP contribution in [0, 0.1) is 11.8 Å². The topological polar surface area (TPSA) is 46.5 Å². The summed E-state index contributed by atoms with van der Waals surface area (Å²) in [6.07, 6.45) is 3.22. The van der Waals surface area contributed by atoms with E-state index in [9.17, 15) is 9.90 Å². The van der Waals surface area contributed by atoms with E-state index in [1.807, 2.05) is 13.8 Å². The molecule has 0 aromatic rings. The maximum absolute atomic E-state index is 11.6. The van der Waals surface area contributed by atoms with Crippen LogP contribution in [-0.2, 0) is 9.53 Å². The van der Waals surface area contributed by atoms with Gasteiger partial charge in [-0.2, -0.15) is 0 Å². The lowest BCUT2D eigenvalue weighted by atomic mass is 9.81. The predicted molar refractivity (Wildman–Crippen MR) is 67.8 cm³/mol. The summed E-state index contributed by atoms with van der Waals surface area (Å²) in [5.41, 5.74) is 2.34. The SMILES string of the molecule is C=C1C[C@@H]2OC(=O)C(C)=C2C[C@@H]2[C@H]1CC[C@]2(C)O. The molecular formula is C15H20O3. The minimum absolute atomic E-state index is 0.119. The van der Waals surface area contributed by atoms with Gasteiger partial charge in [-0.1, -0.05) is 12.2 Å². The third kappa shape index (κ3) is 1.57. The van der Waals surface area contributed by atoms with Gasteiger partial charge in [-0.05, 0) is 50.5 Å². The molecule has 0 bridgehead atoms. The van der Waals surface area contributed by atoms with Crippen LogP contribution in [0.2, 0.25) is 0 Å². The Balaban J connectivity index is 2.01. The van der Waals surface area contributed by atoms with E-state index >= 15 is 0 Å². The van der Waals surface area contributed by atoms with Crippen molar-refractivity contribution in [1.29, 1.82) is 0 Å². The number of esters is 1. The summed E-state index contributed by atoms with van der Waals surface area (Å²) in [5.74, 6) is 0.373. The molecule has 1 aliphatic heterocycles. The van der Waals surface area contributed by atoms with Crippen molar-refractivity contribution in [3.05, 3.63) is 23.3 Å². The lowest BCUT2D eigenvalue weighted by Crippen LogP contribution is -2.32. The van der Waals surface area contributed by atoms with Crippen LogP contribution >= 0.6 is 0 Å². The molecule has 18 heavy (non-hydrogen) atoms. The number of fused-ring (bicyclic) bond motifs is 2. The summed E-state index contributed by atoms with van der Waals surface area (Å²) in [5, 5.41) is 10.5. The largest absolute Gasteiger partial charge is 0.454 e. The molecule has 3 aliphatic rings. The van der Waals surface area contributed by atoms with Crippen LogP contribution in [0.15, 0.2) is 23.3 Å². The van der Waals surface area contributed by atoms with Gasteiger partial charge in [0.25, 0.3) is 0 Å². The molecule has 2 fully saturated rings. The molecule has 98 valence electrons. The molecule has 1 N–H and O–H groups in total. The number of hydrogen-bond acceptors (Lipinski definition) is 3. The second-order valence-corrected chi connectivity index (χ2v) is 6.22. The molecule has 1 heterocycles. The van der Waals surface area contributed by atoms with E-state index in [1.165, 1.54) is 0 Å². The number of rotatable bonds is 0. The summed E-state index contributed by atoms with van der Waals surface area (Å²) < 4.78 is 5.41. The minimum atomic E-state index is -0.637. The van der Waals surface area contributed by atoms with Gasteiger partial charge in [-0.25, -0.2) is 4.79 Å². The van der Waals surface area contributed by atoms with Crippen LogP contribution < -0.4 is 0 Å². The van der Waals surface area contributed by atoms with Crippen molar-refractivity contribution < 1.29 is 14.6 Å². The molecule has 0 saturated heterocycles. The molecule has 3 nitrogen and oxygen atoms in total. The zero-order chi connectivity index (χ0) is 13.1. The third-order valence-electron chi connectivity index (χ3n) is 5.08. The normalized spacial score (nSPS) is 43.6. The zero-order valence-electron chi connectivity index (χ0n) is 11.0. The van der Waals surface area contributed by atoms with Gasteiger partial charge in [0.2, 0.25) is 0 Å². The highest BCUT2D eigenvalue weighted by Gasteiger charge is 2.49. The second kappa shape index (κ2) is 3.70. The maximum atomic E-state index is 11.6. The van der Waals surface area contributed by atoms with E-state index in [4.69, 9.17) is 4.74 Å². The number of carbonyl (C=O) groups excluding carboxylic acids is 1. The van der Waals surface area contributed by atoms with Crippen molar-refractivity contribution >= 4 is 5.97 Å². The second-order valence-electron chi connectivity index (χ2n) is 6.22. The Morgan fingerprint density at radius 3 is 2.89 bits per heavy atom. The van der Waals surface area contributed by atoms with Gasteiger partial charge in [0.1, 0.15) is 6.10 Å². The van der Waals surface area contributed by atoms with Crippen molar-refractivity contribution in [3.63, 3.8) is 0 Å². The Bertz CT molecular complexity index is 458. The first kappa shape index (κ1) is 12.0. The summed E-state index contributed by atoms with van der Waals surface area (Å²) in [6, 6.07) is 0. The zero-order valence-corrected chi connectivity index (χ0v) is 11.0. The molecule has 3 heteroatoms. The average molecular weight is 248 g/mol. The van der Waals surface area contributed by atoms with Gasteiger partial charge in [0.15, 0.2) is 0 Å². The number of hydrogen-bond donors (Lipinski definition) is 1. The van der Waals surface area contributed by atoms with Gasteiger partial charge in [-0.15, -0.1) is 0 Å². The highest BCUT2D eigenvalue weighted by molar-refractivity contribution is 5.91. The van der Waals surface area contributed by atoms with Crippen molar-refractivity contribution in [2.24, 2.45) is 11.8 Å². The van der Waals surface area contributed by atoms with Crippen LogP contribution in [0.3, 0.4) is 0 Å². The summed E-state index contributed by atoms with van der Waals surface area (Å²) in [7, 11) is 0. The summed E-state index contributed by atoms with van der Waals surface area (Å²) in [6.45, 7) is 7.92. The van der Waals surface area contributed by atoms with Crippen molar-refractivity contribution in [1.82, 2.24) is 0 Å². The molecule has 0 spiro atoms. The molecule has 0 aromatic carbocycles. The number of carbonyl (C=O) groups is 1. The first-order chi connectivity index (χ1) is 8.40. The Hall–Kier alpha value is -1.09. The van der Waals surface area contributed by atoms with Crippen molar-refractivity contribution in [2.45, 2.75) is 51.2 Å². The fraction of sp³-hybridized carbons (Fsp3) is 0.667. The van der Waals surface area contributed by atoms with E-state index in [0.717, 1.165) is 42.4 Å². The van der Waals surface area contributed by atoms with Crippen molar-refractivity contribution in [2.75, 3.05) is 0 Å². The molecule has 0 unspecified atom stereocenters. The molecular weight excluding hydrogens is 228 g/mol. The molecule has 2 aliphatic carbocycles. The van der Waals surface area contributed by atoms with E-state index < -0.39 is 5.60 Å². The van der Waals surface area contributed by atoms with Gasteiger partial charge >= 0.3 is 5.97 Å². The van der Waals surface area contributed by atoms with E-state index in [0.29, 0.717) is 5.92 Å². The lowest BCUT2D eigenvalue weighted by molar-refractivity contribution is -0.139. The lowest BCUT2D eigenvalue weighted by Gasteiger charge is -2.28. The van der Waals surface area contributed by atoms with E-state index in [1.54, 1.807) is 0 Å². The standard InChI is InChI=1S/C15H20O3/c1-8-6-13-11(9(2)14(16)18-13)7-12-10(8)4-5-15(12,3)17/h10,12-13,17H,1,4-7H2,2-3H3/t10-,12+,13-,15-/m0/s1. The Labute approximate surface area is 108 Å². The number of ether oxygens (including phenoxy) is 1. The molecule has 2 saturated carbocycles. The quantitative estimate of drug-likeness (QED) is 0.529. The predicted octanol–water partition coefficient (Wildman–Crippen LogP) is 2.36. The molecule has 0 aromatic heterocycles. The van der Waals surface area contributed by atoms with Crippen LogP contribution in [-0.4, -0.2) is 22.8 Å². The Morgan fingerprint density at radius 2 is 2.17 bits per heavy atom. The first-order valence-corrected chi connectivity index (χ1v) is 6.71. The third-order valence-corrected chi connectivity index (χ3v) is 5.08. The summed E-state index contributed by atoms with van der Waals surface area (Å²) in [4.78, 5) is 11.6. The maximum Gasteiger partial charge on any atom is 0.334 e. The monoisotopic (exact) mass is 248 g/mol. The highest BCUT2D eigenvalue weighted by atomic mass is 16.5. The molecule has 3 rings (SSSR count). The molecule has 0 radical (unpaired) electrons.